The Morgan fingerprint density at radius 3 is 2.76 bits per heavy atom. The van der Waals surface area contributed by atoms with Crippen LogP contribution in [0.5, 0.6) is 0 Å². The first-order valence-corrected chi connectivity index (χ1v) is 6.93. The van der Waals surface area contributed by atoms with Crippen LogP contribution in [-0.4, -0.2) is 14.7 Å². The number of nitriles is 1. The highest BCUT2D eigenvalue weighted by molar-refractivity contribution is 5.61. The van der Waals surface area contributed by atoms with Crippen molar-refractivity contribution in [3.05, 3.63) is 34.0 Å². The van der Waals surface area contributed by atoms with E-state index >= 15 is 0 Å². The Labute approximate surface area is 120 Å². The van der Waals surface area contributed by atoms with Crippen molar-refractivity contribution in [3.8, 4) is 17.5 Å². The molecule has 2 aromatic rings. The second-order valence-electron chi connectivity index (χ2n) is 5.17. The molecule has 1 saturated carbocycles. The summed E-state index contributed by atoms with van der Waals surface area (Å²) in [6.45, 7) is 0. The number of furan rings is 1. The van der Waals surface area contributed by atoms with Crippen LogP contribution in [0.3, 0.4) is 0 Å². The van der Waals surface area contributed by atoms with Gasteiger partial charge in [0.25, 0.3) is 0 Å². The molecule has 0 atom stereocenters. The fourth-order valence-electron chi connectivity index (χ4n) is 2.74. The Balaban J connectivity index is 1.95. The molecule has 0 radical (unpaired) electrons. The van der Waals surface area contributed by atoms with Crippen LogP contribution in [0.15, 0.2) is 22.7 Å². The molecule has 7 nitrogen and oxygen atoms in total. The van der Waals surface area contributed by atoms with Gasteiger partial charge in [0.1, 0.15) is 22.2 Å². The molecule has 0 aromatic carbocycles. The van der Waals surface area contributed by atoms with E-state index in [1.165, 1.54) is 18.6 Å². The van der Waals surface area contributed by atoms with E-state index in [4.69, 9.17) is 4.42 Å². The zero-order valence-electron chi connectivity index (χ0n) is 11.4. The van der Waals surface area contributed by atoms with Crippen molar-refractivity contribution in [1.29, 1.82) is 5.26 Å². The Morgan fingerprint density at radius 2 is 2.14 bits per heavy atom. The molecule has 3 rings (SSSR count). The number of hydrogen-bond acceptors (Lipinski definition) is 5. The minimum absolute atomic E-state index is 0.257. The van der Waals surface area contributed by atoms with Gasteiger partial charge in [-0.05, 0) is 18.9 Å². The molecule has 0 bridgehead atoms. The first kappa shape index (κ1) is 13.4. The molecule has 0 N–H and O–H groups in total. The van der Waals surface area contributed by atoms with Gasteiger partial charge in [-0.2, -0.15) is 10.4 Å². The van der Waals surface area contributed by atoms with Crippen LogP contribution in [0, 0.1) is 21.4 Å². The van der Waals surface area contributed by atoms with Gasteiger partial charge in [0, 0.05) is 6.20 Å². The molecule has 7 heteroatoms. The van der Waals surface area contributed by atoms with Crippen LogP contribution in [0.4, 0.5) is 5.88 Å². The van der Waals surface area contributed by atoms with Crippen molar-refractivity contribution in [2.24, 2.45) is 0 Å². The van der Waals surface area contributed by atoms with Gasteiger partial charge in [-0.3, -0.25) is 14.8 Å². The van der Waals surface area contributed by atoms with Gasteiger partial charge in [-0.1, -0.05) is 19.3 Å². The lowest BCUT2D eigenvalue weighted by Gasteiger charge is -2.21. The summed E-state index contributed by atoms with van der Waals surface area (Å²) in [4.78, 5) is 10.1. The van der Waals surface area contributed by atoms with Crippen LogP contribution in [-0.2, 0) is 0 Å². The van der Waals surface area contributed by atoms with E-state index in [0.29, 0.717) is 17.3 Å². The summed E-state index contributed by atoms with van der Waals surface area (Å²) >= 11 is 0. The highest BCUT2D eigenvalue weighted by atomic mass is 16.6. The fraction of sp³-hybridized carbons (Fsp3) is 0.429. The minimum atomic E-state index is -0.603. The maximum Gasteiger partial charge on any atom is 0.433 e. The first-order valence-electron chi connectivity index (χ1n) is 6.93. The summed E-state index contributed by atoms with van der Waals surface area (Å²) in [7, 11) is 0. The van der Waals surface area contributed by atoms with Crippen LogP contribution in [0.1, 0.15) is 43.7 Å². The standard InChI is InChI=1S/C14H14N4O3/c15-8-10-9-17(11-4-2-1-3-5-11)16-14(10)12-6-7-13(21-12)18(19)20/h6-7,9,11H,1-5H2. The molecule has 1 aliphatic carbocycles. The van der Waals surface area contributed by atoms with Crippen LogP contribution in [0.25, 0.3) is 11.5 Å². The maximum atomic E-state index is 10.7. The Morgan fingerprint density at radius 1 is 1.38 bits per heavy atom. The molecule has 1 aliphatic rings. The SMILES string of the molecule is N#Cc1cn(C2CCCCC2)nc1-c1ccc([N+](=O)[O-])o1. The summed E-state index contributed by atoms with van der Waals surface area (Å²) in [6.07, 6.45) is 7.36. The normalized spacial score (nSPS) is 15.8. The number of rotatable bonds is 3. The fourth-order valence-corrected chi connectivity index (χ4v) is 2.74. The third-order valence-electron chi connectivity index (χ3n) is 3.81. The maximum absolute atomic E-state index is 10.7. The molecular weight excluding hydrogens is 272 g/mol. The van der Waals surface area contributed by atoms with E-state index in [1.54, 1.807) is 10.9 Å². The van der Waals surface area contributed by atoms with Gasteiger partial charge in [0.05, 0.1) is 12.1 Å². The average molecular weight is 286 g/mol. The second kappa shape index (κ2) is 5.40. The molecule has 2 heterocycles. The van der Waals surface area contributed by atoms with Crippen LogP contribution < -0.4 is 0 Å². The third kappa shape index (κ3) is 2.52. The average Bonchev–Trinajstić information content (AvgIpc) is 3.14. The molecule has 1 fully saturated rings. The van der Waals surface area contributed by atoms with Crippen molar-refractivity contribution in [2.75, 3.05) is 0 Å². The zero-order valence-corrected chi connectivity index (χ0v) is 11.4. The van der Waals surface area contributed by atoms with E-state index in [-0.39, 0.29) is 11.6 Å². The van der Waals surface area contributed by atoms with Crippen molar-refractivity contribution in [3.63, 3.8) is 0 Å². The van der Waals surface area contributed by atoms with Crippen molar-refractivity contribution < 1.29 is 9.34 Å². The van der Waals surface area contributed by atoms with E-state index in [0.717, 1.165) is 25.7 Å². The largest absolute Gasteiger partial charge is 0.433 e. The quantitative estimate of drug-likeness (QED) is 0.635. The van der Waals surface area contributed by atoms with Crippen molar-refractivity contribution in [2.45, 2.75) is 38.1 Å². The molecule has 0 saturated heterocycles. The van der Waals surface area contributed by atoms with E-state index in [2.05, 4.69) is 11.2 Å². The van der Waals surface area contributed by atoms with Gasteiger partial charge < -0.3 is 4.42 Å². The van der Waals surface area contributed by atoms with E-state index in [1.807, 2.05) is 0 Å². The lowest BCUT2D eigenvalue weighted by atomic mass is 9.96. The summed E-state index contributed by atoms with van der Waals surface area (Å²) in [5.41, 5.74) is 0.751. The summed E-state index contributed by atoms with van der Waals surface area (Å²) in [5, 5.41) is 24.3. The lowest BCUT2D eigenvalue weighted by molar-refractivity contribution is -0.401. The van der Waals surface area contributed by atoms with Gasteiger partial charge in [-0.25, -0.2) is 0 Å². The Kier molecular flexibility index (Phi) is 3.44. The number of hydrogen-bond donors (Lipinski definition) is 0. The Hall–Kier alpha value is -2.62. The molecule has 0 aliphatic heterocycles. The zero-order chi connectivity index (χ0) is 14.8. The predicted molar refractivity (Wildman–Crippen MR) is 73.4 cm³/mol. The molecule has 0 spiro atoms. The summed E-state index contributed by atoms with van der Waals surface area (Å²) < 4.78 is 6.96. The van der Waals surface area contributed by atoms with E-state index < -0.39 is 4.92 Å². The van der Waals surface area contributed by atoms with Gasteiger partial charge >= 0.3 is 5.88 Å². The van der Waals surface area contributed by atoms with Crippen LogP contribution >= 0.6 is 0 Å². The smallest absolute Gasteiger partial charge is 0.399 e. The highest BCUT2D eigenvalue weighted by Gasteiger charge is 2.22. The predicted octanol–water partition coefficient (Wildman–Crippen LogP) is 3.43. The second-order valence-corrected chi connectivity index (χ2v) is 5.17. The van der Waals surface area contributed by atoms with Crippen molar-refractivity contribution in [1.82, 2.24) is 9.78 Å². The molecular formula is C14H14N4O3. The highest BCUT2D eigenvalue weighted by Crippen LogP contribution is 2.32. The third-order valence-corrected chi connectivity index (χ3v) is 3.81. The van der Waals surface area contributed by atoms with Crippen molar-refractivity contribution >= 4 is 5.88 Å². The van der Waals surface area contributed by atoms with E-state index in [9.17, 15) is 15.4 Å². The minimum Gasteiger partial charge on any atom is -0.399 e. The molecule has 108 valence electrons. The molecule has 2 aromatic heterocycles. The monoisotopic (exact) mass is 286 g/mol. The number of nitrogens with zero attached hydrogens (tertiary/aromatic N) is 4. The Bertz CT molecular complexity index is 704. The molecule has 0 unspecified atom stereocenters. The molecule has 21 heavy (non-hydrogen) atoms. The van der Waals surface area contributed by atoms with Gasteiger partial charge in [0.2, 0.25) is 0 Å². The summed E-state index contributed by atoms with van der Waals surface area (Å²) in [6, 6.07) is 5.13. The summed E-state index contributed by atoms with van der Waals surface area (Å²) in [5.74, 6) is -0.0890. The lowest BCUT2D eigenvalue weighted by Crippen LogP contribution is -2.13. The topological polar surface area (TPSA) is 97.9 Å². The number of aromatic nitrogens is 2. The van der Waals surface area contributed by atoms with Crippen LogP contribution in [0.2, 0.25) is 0 Å². The first-order chi connectivity index (χ1) is 10.2. The number of nitro groups is 1. The molecule has 0 amide bonds. The van der Waals surface area contributed by atoms with Gasteiger partial charge in [-0.15, -0.1) is 0 Å². The van der Waals surface area contributed by atoms with Gasteiger partial charge in [0.15, 0.2) is 5.76 Å².